The number of amides is 1. The van der Waals surface area contributed by atoms with Crippen molar-refractivity contribution in [2.24, 2.45) is 0 Å². The number of nitrogens with one attached hydrogen (secondary N) is 1. The SMILES string of the molecule is O=C(c1ccccc1NCCO)N1CCC(N(Sc2cccc(C(F)(F)F)c2)C2CC2)CC1. The van der Waals surface area contributed by atoms with Crippen LogP contribution >= 0.6 is 11.9 Å². The molecule has 0 radical (unpaired) electrons. The molecule has 2 aliphatic rings. The number of aliphatic hydroxyl groups excluding tert-OH is 1. The van der Waals surface area contributed by atoms with E-state index in [9.17, 15) is 18.0 Å². The number of carbonyl (C=O) groups is 1. The summed E-state index contributed by atoms with van der Waals surface area (Å²) in [5.74, 6) is -0.0435. The second-order valence-electron chi connectivity index (χ2n) is 8.43. The quantitative estimate of drug-likeness (QED) is 0.529. The first-order valence-corrected chi connectivity index (χ1v) is 12.0. The van der Waals surface area contributed by atoms with Crippen LogP contribution in [0.2, 0.25) is 0 Å². The van der Waals surface area contributed by atoms with Crippen LogP contribution in [0.3, 0.4) is 0 Å². The van der Waals surface area contributed by atoms with Gasteiger partial charge in [-0.2, -0.15) is 13.2 Å². The molecular formula is C24H28F3N3O2S. The van der Waals surface area contributed by atoms with Crippen LogP contribution < -0.4 is 5.32 Å². The molecule has 5 nitrogen and oxygen atoms in total. The summed E-state index contributed by atoms with van der Waals surface area (Å²) in [5, 5.41) is 12.2. The molecule has 0 bridgehead atoms. The van der Waals surface area contributed by atoms with Crippen LogP contribution in [0.25, 0.3) is 0 Å². The minimum Gasteiger partial charge on any atom is -0.395 e. The molecule has 0 spiro atoms. The van der Waals surface area contributed by atoms with Crippen LogP contribution in [-0.2, 0) is 6.18 Å². The van der Waals surface area contributed by atoms with Gasteiger partial charge in [0, 0.05) is 42.3 Å². The van der Waals surface area contributed by atoms with Gasteiger partial charge in [0.15, 0.2) is 0 Å². The molecule has 0 unspecified atom stereocenters. The van der Waals surface area contributed by atoms with Gasteiger partial charge in [-0.1, -0.05) is 18.2 Å². The number of alkyl halides is 3. The fraction of sp³-hybridized carbons (Fsp3) is 0.458. The van der Waals surface area contributed by atoms with Crippen molar-refractivity contribution < 1.29 is 23.1 Å². The summed E-state index contributed by atoms with van der Waals surface area (Å²) >= 11 is 1.41. The molecule has 4 rings (SSSR count). The number of anilines is 1. The Bertz CT molecular complexity index is 960. The zero-order valence-corrected chi connectivity index (χ0v) is 19.0. The molecule has 1 aliphatic heterocycles. The van der Waals surface area contributed by atoms with Crippen molar-refractivity contribution in [3.05, 3.63) is 59.7 Å². The summed E-state index contributed by atoms with van der Waals surface area (Å²) in [6.07, 6.45) is -0.695. The Kier molecular flexibility index (Phi) is 7.51. The Morgan fingerprint density at radius 1 is 1.06 bits per heavy atom. The minimum atomic E-state index is -4.35. The summed E-state index contributed by atoms with van der Waals surface area (Å²) in [6, 6.07) is 13.4. The lowest BCUT2D eigenvalue weighted by Gasteiger charge is -2.38. The zero-order chi connectivity index (χ0) is 23.4. The molecule has 1 amide bonds. The Morgan fingerprint density at radius 2 is 1.76 bits per heavy atom. The second kappa shape index (κ2) is 10.4. The van der Waals surface area contributed by atoms with Crippen LogP contribution in [0.4, 0.5) is 18.9 Å². The van der Waals surface area contributed by atoms with Gasteiger partial charge in [-0.3, -0.25) is 4.79 Å². The van der Waals surface area contributed by atoms with E-state index in [1.54, 1.807) is 12.1 Å². The van der Waals surface area contributed by atoms with Crippen LogP contribution in [-0.4, -0.2) is 58.5 Å². The van der Waals surface area contributed by atoms with Crippen molar-refractivity contribution in [3.63, 3.8) is 0 Å². The molecule has 2 aromatic rings. The van der Waals surface area contributed by atoms with Crippen molar-refractivity contribution in [1.29, 1.82) is 0 Å². The molecule has 33 heavy (non-hydrogen) atoms. The van der Waals surface area contributed by atoms with Gasteiger partial charge >= 0.3 is 6.18 Å². The monoisotopic (exact) mass is 479 g/mol. The maximum Gasteiger partial charge on any atom is 0.416 e. The zero-order valence-electron chi connectivity index (χ0n) is 18.2. The van der Waals surface area contributed by atoms with Crippen molar-refractivity contribution in [3.8, 4) is 0 Å². The highest BCUT2D eigenvalue weighted by Crippen LogP contribution is 2.41. The number of piperidine rings is 1. The van der Waals surface area contributed by atoms with Crippen molar-refractivity contribution in [2.45, 2.75) is 48.8 Å². The van der Waals surface area contributed by atoms with E-state index < -0.39 is 11.7 Å². The first kappa shape index (κ1) is 23.9. The molecule has 1 aliphatic carbocycles. The van der Waals surface area contributed by atoms with Gasteiger partial charge in [0.1, 0.15) is 0 Å². The number of likely N-dealkylation sites (tertiary alicyclic amines) is 1. The lowest BCUT2D eigenvalue weighted by molar-refractivity contribution is -0.137. The molecule has 2 fully saturated rings. The number of carbonyl (C=O) groups excluding carboxylic acids is 1. The van der Waals surface area contributed by atoms with Crippen LogP contribution in [0.5, 0.6) is 0 Å². The molecule has 0 atom stereocenters. The van der Waals surface area contributed by atoms with E-state index >= 15 is 0 Å². The maximum absolute atomic E-state index is 13.1. The Hall–Kier alpha value is -2.23. The maximum atomic E-state index is 13.1. The summed E-state index contributed by atoms with van der Waals surface area (Å²) in [5.41, 5.74) is 0.664. The number of halogens is 3. The van der Waals surface area contributed by atoms with E-state index in [1.807, 2.05) is 23.1 Å². The van der Waals surface area contributed by atoms with Crippen LogP contribution in [0.15, 0.2) is 53.4 Å². The largest absolute Gasteiger partial charge is 0.416 e. The van der Waals surface area contributed by atoms with Crippen LogP contribution in [0, 0.1) is 0 Å². The lowest BCUT2D eigenvalue weighted by Crippen LogP contribution is -2.45. The summed E-state index contributed by atoms with van der Waals surface area (Å²) < 4.78 is 41.6. The Morgan fingerprint density at radius 3 is 2.42 bits per heavy atom. The predicted octanol–water partition coefficient (Wildman–Crippen LogP) is 4.89. The van der Waals surface area contributed by atoms with E-state index in [4.69, 9.17) is 5.11 Å². The van der Waals surface area contributed by atoms with Crippen LogP contribution in [0.1, 0.15) is 41.6 Å². The van der Waals surface area contributed by atoms with Gasteiger partial charge in [-0.25, -0.2) is 4.31 Å². The summed E-state index contributed by atoms with van der Waals surface area (Å²) in [6.45, 7) is 1.55. The molecule has 2 N–H and O–H groups in total. The molecule has 178 valence electrons. The van der Waals surface area contributed by atoms with Gasteiger partial charge in [0.05, 0.1) is 17.7 Å². The Balaban J connectivity index is 1.40. The van der Waals surface area contributed by atoms with Gasteiger partial charge in [0.2, 0.25) is 0 Å². The van der Waals surface area contributed by atoms with E-state index in [2.05, 4.69) is 9.62 Å². The predicted molar refractivity (Wildman–Crippen MR) is 123 cm³/mol. The summed E-state index contributed by atoms with van der Waals surface area (Å²) in [4.78, 5) is 15.6. The minimum absolute atomic E-state index is 0.0194. The number of hydrogen-bond donors (Lipinski definition) is 2. The highest BCUT2D eigenvalue weighted by molar-refractivity contribution is 7.97. The van der Waals surface area contributed by atoms with E-state index in [1.165, 1.54) is 24.1 Å². The average molecular weight is 480 g/mol. The van der Waals surface area contributed by atoms with Gasteiger partial charge in [0.25, 0.3) is 5.91 Å². The average Bonchev–Trinajstić information content (AvgIpc) is 3.66. The molecule has 1 heterocycles. The van der Waals surface area contributed by atoms with Crippen molar-refractivity contribution in [2.75, 3.05) is 31.6 Å². The molecule has 9 heteroatoms. The summed E-state index contributed by atoms with van der Waals surface area (Å²) in [7, 11) is 0. The number of benzene rings is 2. The van der Waals surface area contributed by atoms with Crippen molar-refractivity contribution in [1.82, 2.24) is 9.21 Å². The third kappa shape index (κ3) is 6.02. The smallest absolute Gasteiger partial charge is 0.395 e. The number of para-hydroxylation sites is 1. The van der Waals surface area contributed by atoms with E-state index in [-0.39, 0.29) is 18.6 Å². The first-order valence-electron chi connectivity index (χ1n) is 11.2. The lowest BCUT2D eigenvalue weighted by atomic mass is 10.0. The number of hydrogen-bond acceptors (Lipinski definition) is 5. The highest BCUT2D eigenvalue weighted by Gasteiger charge is 2.38. The Labute approximate surface area is 196 Å². The number of rotatable bonds is 8. The van der Waals surface area contributed by atoms with Gasteiger partial charge < -0.3 is 15.3 Å². The molecular weight excluding hydrogens is 451 g/mol. The number of nitrogens with zero attached hydrogens (tertiary/aromatic N) is 2. The third-order valence-corrected chi connectivity index (χ3v) is 7.25. The second-order valence-corrected chi connectivity index (χ2v) is 9.50. The van der Waals surface area contributed by atoms with Gasteiger partial charge in [-0.15, -0.1) is 0 Å². The number of aliphatic hydroxyl groups is 1. The normalized spacial score (nSPS) is 17.4. The topological polar surface area (TPSA) is 55.8 Å². The molecule has 2 aromatic carbocycles. The fourth-order valence-electron chi connectivity index (χ4n) is 4.14. The first-order chi connectivity index (χ1) is 15.9. The molecule has 1 saturated heterocycles. The van der Waals surface area contributed by atoms with Gasteiger partial charge in [-0.05, 0) is 68.0 Å². The molecule has 0 aromatic heterocycles. The fourth-order valence-corrected chi connectivity index (χ4v) is 5.42. The van der Waals surface area contributed by atoms with Crippen molar-refractivity contribution >= 4 is 23.5 Å². The van der Waals surface area contributed by atoms with E-state index in [0.717, 1.165) is 31.7 Å². The third-order valence-electron chi connectivity index (χ3n) is 5.98. The molecule has 1 saturated carbocycles. The highest BCUT2D eigenvalue weighted by atomic mass is 32.2. The standard InChI is InChI=1S/C24H28F3N3O2S/c25-24(26,27)17-4-3-5-20(16-17)33-30(18-8-9-18)19-10-13-29(14-11-19)23(32)21-6-1-2-7-22(21)28-12-15-31/h1-7,16,18-19,28,31H,8-15H2. The van der Waals surface area contributed by atoms with E-state index in [0.29, 0.717) is 41.8 Å².